The highest BCUT2D eigenvalue weighted by atomic mass is 35.5. The fourth-order valence-electron chi connectivity index (χ4n) is 4.09. The molecule has 0 aromatic heterocycles. The first-order valence-corrected chi connectivity index (χ1v) is 8.89. The molecule has 0 fully saturated rings. The van der Waals surface area contributed by atoms with E-state index in [1.54, 1.807) is 13.0 Å². The van der Waals surface area contributed by atoms with Crippen molar-refractivity contribution in [3.8, 4) is 0 Å². The van der Waals surface area contributed by atoms with Gasteiger partial charge in [0.25, 0.3) is 5.69 Å². The number of allylic oxidation sites excluding steroid dienone is 2. The molecular formula is C19H16Cl2N2O2. The molecule has 1 heterocycles. The van der Waals surface area contributed by atoms with Gasteiger partial charge in [0, 0.05) is 33.3 Å². The summed E-state index contributed by atoms with van der Waals surface area (Å²) in [6.45, 7) is 1.79. The van der Waals surface area contributed by atoms with E-state index in [0.717, 1.165) is 23.2 Å². The zero-order valence-electron chi connectivity index (χ0n) is 13.5. The van der Waals surface area contributed by atoms with Crippen LogP contribution in [0.1, 0.15) is 35.1 Å². The van der Waals surface area contributed by atoms with Gasteiger partial charge in [-0.05, 0) is 43.0 Å². The minimum absolute atomic E-state index is 0.0885. The minimum atomic E-state index is -0.342. The molecule has 1 aliphatic carbocycles. The van der Waals surface area contributed by atoms with E-state index in [0.29, 0.717) is 15.6 Å². The van der Waals surface area contributed by atoms with Crippen LogP contribution in [-0.4, -0.2) is 4.92 Å². The average molecular weight is 375 g/mol. The molecule has 25 heavy (non-hydrogen) atoms. The van der Waals surface area contributed by atoms with E-state index in [4.69, 9.17) is 23.2 Å². The monoisotopic (exact) mass is 374 g/mol. The highest BCUT2D eigenvalue weighted by molar-refractivity contribution is 6.36. The molecule has 0 bridgehead atoms. The van der Waals surface area contributed by atoms with Gasteiger partial charge >= 0.3 is 0 Å². The van der Waals surface area contributed by atoms with Gasteiger partial charge < -0.3 is 5.32 Å². The van der Waals surface area contributed by atoms with Gasteiger partial charge in [-0.2, -0.15) is 0 Å². The summed E-state index contributed by atoms with van der Waals surface area (Å²) in [5.74, 6) is 0.485. The Labute approximate surface area is 155 Å². The molecule has 0 amide bonds. The van der Waals surface area contributed by atoms with Crippen molar-refractivity contribution in [3.05, 3.63) is 79.3 Å². The number of rotatable bonds is 2. The first kappa shape index (κ1) is 16.4. The second-order valence-electron chi connectivity index (χ2n) is 6.54. The van der Waals surface area contributed by atoms with Gasteiger partial charge in [0.1, 0.15) is 0 Å². The molecular weight excluding hydrogens is 359 g/mol. The topological polar surface area (TPSA) is 55.2 Å². The highest BCUT2D eigenvalue weighted by Gasteiger charge is 2.40. The molecule has 2 aromatic carbocycles. The summed E-state index contributed by atoms with van der Waals surface area (Å²) < 4.78 is 0. The van der Waals surface area contributed by atoms with Crippen LogP contribution in [0, 0.1) is 23.0 Å². The van der Waals surface area contributed by atoms with E-state index in [-0.39, 0.29) is 28.5 Å². The molecule has 3 atom stereocenters. The van der Waals surface area contributed by atoms with Gasteiger partial charge in [0.05, 0.1) is 16.5 Å². The maximum atomic E-state index is 11.3. The van der Waals surface area contributed by atoms with Crippen LogP contribution in [0.4, 0.5) is 11.4 Å². The maximum Gasteiger partial charge on any atom is 0.274 e. The fourth-order valence-corrected chi connectivity index (χ4v) is 4.73. The Hall–Kier alpha value is -2.04. The number of hydrogen-bond acceptors (Lipinski definition) is 3. The number of fused-ring (bicyclic) bond motifs is 3. The molecule has 6 heteroatoms. The van der Waals surface area contributed by atoms with Crippen molar-refractivity contribution < 1.29 is 4.92 Å². The SMILES string of the molecule is Cc1c([N+](=O)[O-])ccc2c1NC(c1c(Cl)cccc1Cl)C1CC=CC21. The quantitative estimate of drug-likeness (QED) is 0.396. The molecule has 128 valence electrons. The average Bonchev–Trinajstić information content (AvgIpc) is 3.05. The van der Waals surface area contributed by atoms with E-state index in [9.17, 15) is 10.1 Å². The van der Waals surface area contributed by atoms with Crippen LogP contribution in [-0.2, 0) is 0 Å². The lowest BCUT2D eigenvalue weighted by atomic mass is 9.76. The van der Waals surface area contributed by atoms with Crippen LogP contribution in [0.2, 0.25) is 10.0 Å². The third-order valence-corrected chi connectivity index (χ3v) is 5.94. The molecule has 0 radical (unpaired) electrons. The molecule has 0 saturated heterocycles. The molecule has 4 nitrogen and oxygen atoms in total. The Balaban J connectivity index is 1.89. The molecule has 2 aliphatic rings. The zero-order chi connectivity index (χ0) is 17.7. The first-order valence-electron chi connectivity index (χ1n) is 8.14. The van der Waals surface area contributed by atoms with Crippen molar-refractivity contribution in [3.63, 3.8) is 0 Å². The number of anilines is 1. The van der Waals surface area contributed by atoms with Gasteiger partial charge in [-0.15, -0.1) is 0 Å². The van der Waals surface area contributed by atoms with Crippen molar-refractivity contribution in [1.82, 2.24) is 0 Å². The van der Waals surface area contributed by atoms with Crippen molar-refractivity contribution in [2.75, 3.05) is 5.32 Å². The summed E-state index contributed by atoms with van der Waals surface area (Å²) in [5.41, 5.74) is 3.55. The molecule has 0 saturated carbocycles. The largest absolute Gasteiger partial charge is 0.377 e. The molecule has 1 N–H and O–H groups in total. The predicted molar refractivity (Wildman–Crippen MR) is 101 cm³/mol. The number of nitrogens with zero attached hydrogens (tertiary/aromatic N) is 1. The Morgan fingerprint density at radius 1 is 1.20 bits per heavy atom. The lowest BCUT2D eigenvalue weighted by molar-refractivity contribution is -0.385. The first-order chi connectivity index (χ1) is 12.0. The highest BCUT2D eigenvalue weighted by Crippen LogP contribution is 2.53. The van der Waals surface area contributed by atoms with Crippen LogP contribution >= 0.6 is 23.2 Å². The lowest BCUT2D eigenvalue weighted by Crippen LogP contribution is -2.30. The van der Waals surface area contributed by atoms with Crippen molar-refractivity contribution >= 4 is 34.6 Å². The van der Waals surface area contributed by atoms with Crippen molar-refractivity contribution in [1.29, 1.82) is 0 Å². The smallest absolute Gasteiger partial charge is 0.274 e. The zero-order valence-corrected chi connectivity index (χ0v) is 15.0. The van der Waals surface area contributed by atoms with Crippen LogP contribution in [0.5, 0.6) is 0 Å². The van der Waals surface area contributed by atoms with Gasteiger partial charge in [0.15, 0.2) is 0 Å². The van der Waals surface area contributed by atoms with Crippen LogP contribution in [0.15, 0.2) is 42.5 Å². The van der Waals surface area contributed by atoms with Crippen molar-refractivity contribution in [2.24, 2.45) is 5.92 Å². The summed E-state index contributed by atoms with van der Waals surface area (Å²) in [4.78, 5) is 11.0. The summed E-state index contributed by atoms with van der Waals surface area (Å²) >= 11 is 12.9. The molecule has 0 spiro atoms. The van der Waals surface area contributed by atoms with E-state index < -0.39 is 0 Å². The Morgan fingerprint density at radius 2 is 1.92 bits per heavy atom. The molecule has 3 unspecified atom stereocenters. The third-order valence-electron chi connectivity index (χ3n) is 5.28. The van der Waals surface area contributed by atoms with Crippen LogP contribution in [0.3, 0.4) is 0 Å². The summed E-state index contributed by atoms with van der Waals surface area (Å²) in [7, 11) is 0. The Morgan fingerprint density at radius 3 is 2.60 bits per heavy atom. The summed E-state index contributed by atoms with van der Waals surface area (Å²) in [6.07, 6.45) is 5.27. The minimum Gasteiger partial charge on any atom is -0.377 e. The standard InChI is InChI=1S/C19H16Cl2N2O2/c1-10-16(23(24)25)9-8-13-11-4-2-5-12(11)19(22-18(10)13)17-14(20)6-3-7-15(17)21/h2-4,6-9,11-12,19,22H,5H2,1H3. The summed E-state index contributed by atoms with van der Waals surface area (Å²) in [5, 5.41) is 16.1. The van der Waals surface area contributed by atoms with Crippen LogP contribution in [0.25, 0.3) is 0 Å². The maximum absolute atomic E-state index is 11.3. The predicted octanol–water partition coefficient (Wildman–Crippen LogP) is 6.04. The van der Waals surface area contributed by atoms with Gasteiger partial charge in [-0.25, -0.2) is 0 Å². The number of nitrogens with one attached hydrogen (secondary N) is 1. The molecule has 2 aromatic rings. The number of halogens is 2. The molecule has 4 rings (SSSR count). The second kappa shape index (κ2) is 6.04. The second-order valence-corrected chi connectivity index (χ2v) is 7.36. The number of hydrogen-bond donors (Lipinski definition) is 1. The Bertz CT molecular complexity index is 890. The Kier molecular flexibility index (Phi) is 3.97. The third kappa shape index (κ3) is 2.52. The van der Waals surface area contributed by atoms with Gasteiger partial charge in [-0.3, -0.25) is 10.1 Å². The van der Waals surface area contributed by atoms with E-state index >= 15 is 0 Å². The number of nitro groups is 1. The van der Waals surface area contributed by atoms with Crippen LogP contribution < -0.4 is 5.32 Å². The molecule has 1 aliphatic heterocycles. The van der Waals surface area contributed by atoms with Gasteiger partial charge in [0.2, 0.25) is 0 Å². The summed E-state index contributed by atoms with van der Waals surface area (Å²) in [6, 6.07) is 8.86. The van der Waals surface area contributed by atoms with Gasteiger partial charge in [-0.1, -0.05) is 41.4 Å². The van der Waals surface area contributed by atoms with E-state index in [1.807, 2.05) is 24.3 Å². The van der Waals surface area contributed by atoms with E-state index in [2.05, 4.69) is 17.5 Å². The van der Waals surface area contributed by atoms with E-state index in [1.165, 1.54) is 0 Å². The number of nitro benzene ring substituents is 1. The normalized spacial score (nSPS) is 23.7. The van der Waals surface area contributed by atoms with Crippen molar-refractivity contribution in [2.45, 2.75) is 25.3 Å². The lowest BCUT2D eigenvalue weighted by Gasteiger charge is -2.38. The fraction of sp³-hybridized carbons (Fsp3) is 0.263. The number of benzene rings is 2.